The predicted molar refractivity (Wildman–Crippen MR) is 35.7 cm³/mol. The number of hydrogen-bond donors (Lipinski definition) is 0. The van der Waals surface area contributed by atoms with Crippen molar-refractivity contribution in [1.29, 1.82) is 5.26 Å². The van der Waals surface area contributed by atoms with E-state index in [1.54, 1.807) is 12.2 Å². The average molecular weight is 137 g/mol. The zero-order valence-corrected chi connectivity index (χ0v) is 5.41. The lowest BCUT2D eigenvalue weighted by Crippen LogP contribution is -1.92. The number of carbonyl (C=O) groups excluding carboxylic acids is 1. The summed E-state index contributed by atoms with van der Waals surface area (Å²) in [5.74, 6) is -0.649. The van der Waals surface area contributed by atoms with Gasteiger partial charge in [0.05, 0.1) is 0 Å². The zero-order chi connectivity index (χ0) is 7.82. The molecular formula is C7H7NO2. The van der Waals surface area contributed by atoms with Crippen LogP contribution in [0, 0.1) is 11.5 Å². The van der Waals surface area contributed by atoms with E-state index < -0.39 is 5.97 Å². The third-order valence-corrected chi connectivity index (χ3v) is 0.703. The molecule has 3 nitrogen and oxygen atoms in total. The highest BCUT2D eigenvalue weighted by molar-refractivity contribution is 5.82. The van der Waals surface area contributed by atoms with Gasteiger partial charge in [0.25, 0.3) is 6.26 Å². The van der Waals surface area contributed by atoms with Crippen LogP contribution in [0.4, 0.5) is 0 Å². The van der Waals surface area contributed by atoms with Crippen molar-refractivity contribution in [2.45, 2.75) is 6.42 Å². The third kappa shape index (κ3) is 4.60. The highest BCUT2D eigenvalue weighted by Gasteiger charge is 1.90. The number of allylic oxidation sites excluding steroid dienone is 2. The van der Waals surface area contributed by atoms with Crippen LogP contribution in [0.3, 0.4) is 0 Å². The molecule has 0 aromatic rings. The van der Waals surface area contributed by atoms with Crippen LogP contribution in [0.2, 0.25) is 0 Å². The monoisotopic (exact) mass is 137 g/mol. The molecule has 0 atom stereocenters. The molecule has 0 aliphatic rings. The van der Waals surface area contributed by atoms with Crippen LogP contribution in [0.15, 0.2) is 24.8 Å². The van der Waals surface area contributed by atoms with Crippen molar-refractivity contribution < 1.29 is 9.53 Å². The molecule has 0 aromatic carbocycles. The van der Waals surface area contributed by atoms with Crippen molar-refractivity contribution in [3.63, 3.8) is 0 Å². The molecule has 0 rings (SSSR count). The number of hydrogen-bond acceptors (Lipinski definition) is 3. The summed E-state index contributed by atoms with van der Waals surface area (Å²) < 4.78 is 3.93. The molecule has 0 aliphatic carbocycles. The summed E-state index contributed by atoms with van der Waals surface area (Å²) in [5.41, 5.74) is 0. The van der Waals surface area contributed by atoms with Gasteiger partial charge in [0.15, 0.2) is 0 Å². The lowest BCUT2D eigenvalue weighted by molar-refractivity contribution is -0.131. The summed E-state index contributed by atoms with van der Waals surface area (Å²) in [6, 6.07) is 0. The first kappa shape index (κ1) is 8.44. The highest BCUT2D eigenvalue weighted by Crippen LogP contribution is 1.84. The summed E-state index contributed by atoms with van der Waals surface area (Å²) in [7, 11) is 0. The zero-order valence-electron chi connectivity index (χ0n) is 5.41. The average Bonchev–Trinajstić information content (AvgIpc) is 1.89. The Bertz CT molecular complexity index is 188. The third-order valence-electron chi connectivity index (χ3n) is 0.703. The van der Waals surface area contributed by atoms with Gasteiger partial charge in [0.2, 0.25) is 0 Å². The Morgan fingerprint density at radius 3 is 3.00 bits per heavy atom. The van der Waals surface area contributed by atoms with Gasteiger partial charge in [-0.2, -0.15) is 0 Å². The van der Waals surface area contributed by atoms with Gasteiger partial charge in [0.1, 0.15) is 0 Å². The fourth-order valence-corrected chi connectivity index (χ4v) is 0.339. The van der Waals surface area contributed by atoms with E-state index in [-0.39, 0.29) is 0 Å². The van der Waals surface area contributed by atoms with Gasteiger partial charge in [-0.05, 0) is 6.42 Å². The van der Waals surface area contributed by atoms with E-state index in [1.807, 2.05) is 0 Å². The van der Waals surface area contributed by atoms with Gasteiger partial charge in [-0.15, -0.1) is 11.8 Å². The molecule has 0 amide bonds. The Labute approximate surface area is 59.2 Å². The van der Waals surface area contributed by atoms with Gasteiger partial charge in [-0.3, -0.25) is 0 Å². The minimum atomic E-state index is -0.649. The number of esters is 1. The first-order valence-electron chi connectivity index (χ1n) is 2.68. The topological polar surface area (TPSA) is 50.1 Å². The molecule has 0 aliphatic heterocycles. The van der Waals surface area contributed by atoms with Crippen molar-refractivity contribution in [1.82, 2.24) is 0 Å². The molecule has 3 heteroatoms. The Morgan fingerprint density at radius 1 is 1.80 bits per heavy atom. The van der Waals surface area contributed by atoms with Crippen LogP contribution in [0.25, 0.3) is 0 Å². The van der Waals surface area contributed by atoms with Gasteiger partial charge < -0.3 is 4.74 Å². The second-order valence-electron chi connectivity index (χ2n) is 1.44. The predicted octanol–water partition coefficient (Wildman–Crippen LogP) is 1.14. The molecule has 0 radical (unpaired) electrons. The SMILES string of the molecule is C=CCC=CC(=O)OC#N. The van der Waals surface area contributed by atoms with Crippen LogP contribution >= 0.6 is 0 Å². The Kier molecular flexibility index (Phi) is 4.70. The van der Waals surface area contributed by atoms with E-state index in [0.717, 1.165) is 0 Å². The van der Waals surface area contributed by atoms with E-state index in [4.69, 9.17) is 5.26 Å². The number of ether oxygens (including phenoxy) is 1. The fourth-order valence-electron chi connectivity index (χ4n) is 0.339. The van der Waals surface area contributed by atoms with E-state index in [2.05, 4.69) is 11.3 Å². The molecule has 0 saturated heterocycles. The second kappa shape index (κ2) is 5.57. The van der Waals surface area contributed by atoms with Crippen LogP contribution in [-0.2, 0) is 9.53 Å². The maximum Gasteiger partial charge on any atom is 0.345 e. The molecular weight excluding hydrogens is 130 g/mol. The molecule has 0 saturated carbocycles. The Hall–Kier alpha value is -1.56. The lowest BCUT2D eigenvalue weighted by Gasteiger charge is -1.82. The summed E-state index contributed by atoms with van der Waals surface area (Å²) in [5, 5.41) is 7.85. The standard InChI is InChI=1S/C7H7NO2/c1-2-3-4-5-7(9)10-6-8/h2,4-5H,1,3H2. The summed E-state index contributed by atoms with van der Waals surface area (Å²) >= 11 is 0. The van der Waals surface area contributed by atoms with Crippen LogP contribution in [-0.4, -0.2) is 5.97 Å². The number of carbonyl (C=O) groups is 1. The molecule has 0 bridgehead atoms. The van der Waals surface area contributed by atoms with E-state index in [0.29, 0.717) is 6.42 Å². The molecule has 0 aromatic heterocycles. The maximum absolute atomic E-state index is 10.4. The van der Waals surface area contributed by atoms with Gasteiger partial charge >= 0.3 is 5.97 Å². The first-order valence-corrected chi connectivity index (χ1v) is 2.68. The molecule has 0 fully saturated rings. The normalized spacial score (nSPS) is 8.70. The molecule has 52 valence electrons. The van der Waals surface area contributed by atoms with E-state index in [9.17, 15) is 4.79 Å². The number of rotatable bonds is 3. The fraction of sp³-hybridized carbons (Fsp3) is 0.143. The summed E-state index contributed by atoms with van der Waals surface area (Å²) in [4.78, 5) is 10.4. The Balaban J connectivity index is 3.58. The largest absolute Gasteiger partial charge is 0.347 e. The van der Waals surface area contributed by atoms with E-state index in [1.165, 1.54) is 12.3 Å². The lowest BCUT2D eigenvalue weighted by atomic mass is 10.4. The summed E-state index contributed by atoms with van der Waals surface area (Å²) in [6.07, 6.45) is 6.25. The molecule has 0 unspecified atom stereocenters. The van der Waals surface area contributed by atoms with Gasteiger partial charge in [-0.1, -0.05) is 12.2 Å². The summed E-state index contributed by atoms with van der Waals surface area (Å²) in [6.45, 7) is 3.44. The smallest absolute Gasteiger partial charge is 0.345 e. The van der Waals surface area contributed by atoms with Crippen LogP contribution < -0.4 is 0 Å². The van der Waals surface area contributed by atoms with Crippen LogP contribution in [0.5, 0.6) is 0 Å². The van der Waals surface area contributed by atoms with Crippen molar-refractivity contribution >= 4 is 5.97 Å². The highest BCUT2D eigenvalue weighted by atomic mass is 16.5. The maximum atomic E-state index is 10.4. The number of nitriles is 1. The van der Waals surface area contributed by atoms with Crippen molar-refractivity contribution in [3.8, 4) is 6.26 Å². The Morgan fingerprint density at radius 2 is 2.50 bits per heavy atom. The van der Waals surface area contributed by atoms with Crippen LogP contribution in [0.1, 0.15) is 6.42 Å². The molecule has 10 heavy (non-hydrogen) atoms. The van der Waals surface area contributed by atoms with Crippen molar-refractivity contribution in [2.24, 2.45) is 0 Å². The second-order valence-corrected chi connectivity index (χ2v) is 1.44. The number of nitrogens with zero attached hydrogens (tertiary/aromatic N) is 1. The van der Waals surface area contributed by atoms with Crippen molar-refractivity contribution in [3.05, 3.63) is 24.8 Å². The first-order chi connectivity index (χ1) is 4.81. The molecule has 0 heterocycles. The molecule has 0 spiro atoms. The van der Waals surface area contributed by atoms with E-state index >= 15 is 0 Å². The quantitative estimate of drug-likeness (QED) is 0.253. The molecule has 0 N–H and O–H groups in total. The van der Waals surface area contributed by atoms with Gasteiger partial charge in [-0.25, -0.2) is 4.79 Å². The minimum Gasteiger partial charge on any atom is -0.347 e. The van der Waals surface area contributed by atoms with Crippen molar-refractivity contribution in [2.75, 3.05) is 0 Å². The van der Waals surface area contributed by atoms with Gasteiger partial charge in [0, 0.05) is 6.08 Å². The minimum absolute atomic E-state index is 0.598.